The van der Waals surface area contributed by atoms with Crippen LogP contribution in [0, 0.1) is 0 Å². The predicted octanol–water partition coefficient (Wildman–Crippen LogP) is 1.16. The van der Waals surface area contributed by atoms with Gasteiger partial charge in [-0.1, -0.05) is 11.6 Å². The van der Waals surface area contributed by atoms with Crippen molar-refractivity contribution in [3.63, 3.8) is 0 Å². The molecule has 6 nitrogen and oxygen atoms in total. The van der Waals surface area contributed by atoms with Crippen molar-refractivity contribution in [2.45, 2.75) is 24.4 Å². The number of hydrogen-bond donors (Lipinski definition) is 0. The minimum atomic E-state index is -3.56. The third kappa shape index (κ3) is 3.22. The van der Waals surface area contributed by atoms with Crippen LogP contribution in [0.5, 0.6) is 0 Å². The molecule has 8 heteroatoms. The number of carbonyl (C=O) groups excluding carboxylic acids is 1. The second-order valence-corrected chi connectivity index (χ2v) is 6.79. The molecule has 0 bridgehead atoms. The van der Waals surface area contributed by atoms with E-state index in [2.05, 4.69) is 9.97 Å². The molecule has 0 saturated carbocycles. The summed E-state index contributed by atoms with van der Waals surface area (Å²) in [5.41, 5.74) is -0.0426. The molecular weight excluding hydrogens is 290 g/mol. The molecule has 1 amide bonds. The number of sulfone groups is 1. The fourth-order valence-corrected chi connectivity index (χ4v) is 2.60. The number of amides is 1. The largest absolute Gasteiger partial charge is 0.337 e. The molecule has 1 saturated heterocycles. The van der Waals surface area contributed by atoms with E-state index in [1.165, 1.54) is 0 Å². The standard InChI is InChI=1S/C11H14ClN3O3S/c1-19(17,18)11-13-7-8(12)9(14-11)10(16)15-5-3-2-4-6-15/h7H,2-6H2,1H3. The minimum Gasteiger partial charge on any atom is -0.337 e. The summed E-state index contributed by atoms with van der Waals surface area (Å²) < 4.78 is 22.8. The van der Waals surface area contributed by atoms with Crippen LogP contribution in [0.15, 0.2) is 11.4 Å². The molecule has 1 aliphatic rings. The molecule has 0 aromatic carbocycles. The molecule has 0 spiro atoms. The second-order valence-electron chi connectivity index (χ2n) is 4.47. The van der Waals surface area contributed by atoms with Crippen LogP contribution < -0.4 is 0 Å². The second kappa shape index (κ2) is 5.42. The highest BCUT2D eigenvalue weighted by Crippen LogP contribution is 2.19. The Labute approximate surface area is 116 Å². The van der Waals surface area contributed by atoms with Crippen molar-refractivity contribution in [1.82, 2.24) is 14.9 Å². The maximum atomic E-state index is 12.3. The van der Waals surface area contributed by atoms with Crippen LogP contribution in [-0.4, -0.2) is 48.5 Å². The molecule has 1 aromatic heterocycles. The summed E-state index contributed by atoms with van der Waals surface area (Å²) in [4.78, 5) is 21.3. The lowest BCUT2D eigenvalue weighted by Gasteiger charge is -2.26. The zero-order chi connectivity index (χ0) is 14.0. The van der Waals surface area contributed by atoms with Crippen LogP contribution >= 0.6 is 11.6 Å². The Morgan fingerprint density at radius 3 is 2.53 bits per heavy atom. The van der Waals surface area contributed by atoms with E-state index in [1.807, 2.05) is 0 Å². The molecule has 0 aliphatic carbocycles. The zero-order valence-corrected chi connectivity index (χ0v) is 12.0. The SMILES string of the molecule is CS(=O)(=O)c1ncc(Cl)c(C(=O)N2CCCCC2)n1. The number of nitrogens with zero attached hydrogens (tertiary/aromatic N) is 3. The topological polar surface area (TPSA) is 80.2 Å². The van der Waals surface area contributed by atoms with E-state index in [4.69, 9.17) is 11.6 Å². The van der Waals surface area contributed by atoms with Crippen molar-refractivity contribution in [2.24, 2.45) is 0 Å². The van der Waals surface area contributed by atoms with Crippen molar-refractivity contribution in [3.8, 4) is 0 Å². The highest BCUT2D eigenvalue weighted by atomic mass is 35.5. The van der Waals surface area contributed by atoms with Crippen LogP contribution in [0.4, 0.5) is 0 Å². The van der Waals surface area contributed by atoms with Gasteiger partial charge in [-0.25, -0.2) is 18.4 Å². The average molecular weight is 304 g/mol. The predicted molar refractivity (Wildman–Crippen MR) is 69.9 cm³/mol. The van der Waals surface area contributed by atoms with E-state index >= 15 is 0 Å². The zero-order valence-electron chi connectivity index (χ0n) is 10.5. The van der Waals surface area contributed by atoms with Crippen LogP contribution in [0.3, 0.4) is 0 Å². The molecule has 0 unspecified atom stereocenters. The first kappa shape index (κ1) is 14.2. The highest BCUT2D eigenvalue weighted by molar-refractivity contribution is 7.90. The summed E-state index contributed by atoms with van der Waals surface area (Å²) in [5.74, 6) is -0.336. The minimum absolute atomic E-state index is 0.0426. The van der Waals surface area contributed by atoms with Gasteiger partial charge in [0.1, 0.15) is 0 Å². The van der Waals surface area contributed by atoms with E-state index in [-0.39, 0.29) is 21.8 Å². The number of aromatic nitrogens is 2. The first-order valence-corrected chi connectivity index (χ1v) is 8.18. The molecule has 2 rings (SSSR count). The maximum absolute atomic E-state index is 12.3. The first-order chi connectivity index (χ1) is 8.89. The maximum Gasteiger partial charge on any atom is 0.274 e. The summed E-state index contributed by atoms with van der Waals surface area (Å²) in [5, 5.41) is -0.305. The quantitative estimate of drug-likeness (QED) is 0.766. The lowest BCUT2D eigenvalue weighted by atomic mass is 10.1. The van der Waals surface area contributed by atoms with Gasteiger partial charge in [0.05, 0.1) is 11.2 Å². The van der Waals surface area contributed by atoms with E-state index in [0.717, 1.165) is 31.7 Å². The number of piperidine rings is 1. The molecule has 19 heavy (non-hydrogen) atoms. The van der Waals surface area contributed by atoms with E-state index in [1.54, 1.807) is 4.90 Å². The fourth-order valence-electron chi connectivity index (χ4n) is 1.93. The van der Waals surface area contributed by atoms with Crippen molar-refractivity contribution in [3.05, 3.63) is 16.9 Å². The summed E-state index contributed by atoms with van der Waals surface area (Å²) >= 11 is 5.89. The molecule has 0 atom stereocenters. The monoisotopic (exact) mass is 303 g/mol. The van der Waals surface area contributed by atoms with Crippen molar-refractivity contribution < 1.29 is 13.2 Å². The molecule has 1 fully saturated rings. The number of carbonyl (C=O) groups is 1. The van der Waals surface area contributed by atoms with Crippen molar-refractivity contribution in [1.29, 1.82) is 0 Å². The van der Waals surface area contributed by atoms with Gasteiger partial charge in [0, 0.05) is 19.3 Å². The van der Waals surface area contributed by atoms with Crippen LogP contribution in [0.25, 0.3) is 0 Å². The molecule has 104 valence electrons. The van der Waals surface area contributed by atoms with Gasteiger partial charge in [-0.2, -0.15) is 0 Å². The Kier molecular flexibility index (Phi) is 4.05. The molecule has 1 aromatic rings. The van der Waals surface area contributed by atoms with Gasteiger partial charge in [-0.15, -0.1) is 0 Å². The van der Waals surface area contributed by atoms with Crippen LogP contribution in [0.2, 0.25) is 5.02 Å². The highest BCUT2D eigenvalue weighted by Gasteiger charge is 2.24. The average Bonchev–Trinajstić information content (AvgIpc) is 2.38. The molecule has 0 N–H and O–H groups in total. The lowest BCUT2D eigenvalue weighted by molar-refractivity contribution is 0.0717. The van der Waals surface area contributed by atoms with Gasteiger partial charge >= 0.3 is 0 Å². The van der Waals surface area contributed by atoms with Gasteiger partial charge in [0.2, 0.25) is 15.0 Å². The van der Waals surface area contributed by atoms with Crippen LogP contribution in [-0.2, 0) is 9.84 Å². The lowest BCUT2D eigenvalue weighted by Crippen LogP contribution is -2.36. The smallest absolute Gasteiger partial charge is 0.274 e. The summed E-state index contributed by atoms with van der Waals surface area (Å²) in [7, 11) is -3.56. The number of likely N-dealkylation sites (tertiary alicyclic amines) is 1. The number of rotatable bonds is 2. The Morgan fingerprint density at radius 2 is 1.95 bits per heavy atom. The summed E-state index contributed by atoms with van der Waals surface area (Å²) in [6, 6.07) is 0. The number of halogens is 1. The van der Waals surface area contributed by atoms with Crippen molar-refractivity contribution >= 4 is 27.3 Å². The van der Waals surface area contributed by atoms with Gasteiger partial charge in [-0.3, -0.25) is 4.79 Å². The third-order valence-electron chi connectivity index (χ3n) is 2.90. The van der Waals surface area contributed by atoms with E-state index in [9.17, 15) is 13.2 Å². The van der Waals surface area contributed by atoms with Crippen molar-refractivity contribution in [2.75, 3.05) is 19.3 Å². The Morgan fingerprint density at radius 1 is 1.32 bits per heavy atom. The van der Waals surface area contributed by atoms with Gasteiger partial charge in [0.25, 0.3) is 5.91 Å². The Bertz CT molecular complexity index is 597. The summed E-state index contributed by atoms with van der Waals surface area (Å²) in [6.45, 7) is 1.29. The van der Waals surface area contributed by atoms with Crippen LogP contribution in [0.1, 0.15) is 29.8 Å². The molecule has 2 heterocycles. The van der Waals surface area contributed by atoms with Gasteiger partial charge < -0.3 is 4.90 Å². The summed E-state index contributed by atoms with van der Waals surface area (Å²) in [6.07, 6.45) is 5.12. The molecule has 0 radical (unpaired) electrons. The first-order valence-electron chi connectivity index (χ1n) is 5.91. The normalized spacial score (nSPS) is 16.4. The Hall–Kier alpha value is -1.21. The fraction of sp³-hybridized carbons (Fsp3) is 0.545. The van der Waals surface area contributed by atoms with Gasteiger partial charge in [0.15, 0.2) is 5.69 Å². The number of hydrogen-bond acceptors (Lipinski definition) is 5. The van der Waals surface area contributed by atoms with Gasteiger partial charge in [-0.05, 0) is 19.3 Å². The van der Waals surface area contributed by atoms with E-state index < -0.39 is 9.84 Å². The molecular formula is C11H14ClN3O3S. The van der Waals surface area contributed by atoms with E-state index in [0.29, 0.717) is 13.1 Å². The Balaban J connectivity index is 2.35. The molecule has 1 aliphatic heterocycles. The third-order valence-corrected chi connectivity index (χ3v) is 4.04.